The summed E-state index contributed by atoms with van der Waals surface area (Å²) in [7, 11) is 0. The molecular formula is C21H21NO6. The molecular weight excluding hydrogens is 362 g/mol. The molecule has 0 saturated heterocycles. The van der Waals surface area contributed by atoms with Gasteiger partial charge < -0.3 is 24.3 Å². The maximum absolute atomic E-state index is 11.8. The summed E-state index contributed by atoms with van der Waals surface area (Å²) in [4.78, 5) is 23.6. The van der Waals surface area contributed by atoms with Crippen LogP contribution in [0.3, 0.4) is 0 Å². The first-order valence-electron chi connectivity index (χ1n) is 8.87. The molecule has 0 saturated carbocycles. The van der Waals surface area contributed by atoms with Crippen LogP contribution in [0.25, 0.3) is 6.08 Å². The molecule has 0 aromatic heterocycles. The first kappa shape index (κ1) is 19.3. The molecule has 2 aromatic rings. The number of ether oxygens (including phenoxy) is 4. The molecule has 0 atom stereocenters. The van der Waals surface area contributed by atoms with Gasteiger partial charge in [0.2, 0.25) is 6.79 Å². The van der Waals surface area contributed by atoms with E-state index < -0.39 is 5.97 Å². The van der Waals surface area contributed by atoms with Gasteiger partial charge in [-0.2, -0.15) is 0 Å². The van der Waals surface area contributed by atoms with Crippen LogP contribution in [-0.2, 0) is 20.9 Å². The molecule has 146 valence electrons. The van der Waals surface area contributed by atoms with Crippen molar-refractivity contribution >= 4 is 18.0 Å². The minimum Gasteiger partial charge on any atom is -0.494 e. The fourth-order valence-electron chi connectivity index (χ4n) is 2.49. The van der Waals surface area contributed by atoms with Gasteiger partial charge in [0.05, 0.1) is 6.61 Å². The average Bonchev–Trinajstić information content (AvgIpc) is 3.18. The Morgan fingerprint density at radius 1 is 1.11 bits per heavy atom. The first-order chi connectivity index (χ1) is 13.6. The van der Waals surface area contributed by atoms with Crippen LogP contribution >= 0.6 is 0 Å². The Hall–Kier alpha value is -3.48. The predicted octanol–water partition coefficient (Wildman–Crippen LogP) is 2.69. The maximum atomic E-state index is 11.8. The fourth-order valence-corrected chi connectivity index (χ4v) is 2.49. The molecule has 0 radical (unpaired) electrons. The van der Waals surface area contributed by atoms with Crippen LogP contribution in [0.5, 0.6) is 17.2 Å². The highest BCUT2D eigenvalue weighted by atomic mass is 16.7. The summed E-state index contributed by atoms with van der Waals surface area (Å²) >= 11 is 0. The number of esters is 1. The van der Waals surface area contributed by atoms with Crippen molar-refractivity contribution in [2.24, 2.45) is 0 Å². The summed E-state index contributed by atoms with van der Waals surface area (Å²) in [5, 5.41) is 2.69. The number of carbonyl (C=O) groups is 2. The Morgan fingerprint density at radius 3 is 2.68 bits per heavy atom. The van der Waals surface area contributed by atoms with E-state index in [0.29, 0.717) is 24.7 Å². The minimum absolute atomic E-state index is 0.200. The Balaban J connectivity index is 1.39. The van der Waals surface area contributed by atoms with Gasteiger partial charge in [-0.05, 0) is 48.4 Å². The van der Waals surface area contributed by atoms with Crippen molar-refractivity contribution in [1.82, 2.24) is 5.32 Å². The van der Waals surface area contributed by atoms with Crippen molar-refractivity contribution in [1.29, 1.82) is 0 Å². The lowest BCUT2D eigenvalue weighted by Gasteiger charge is -2.06. The van der Waals surface area contributed by atoms with Crippen LogP contribution in [0.4, 0.5) is 0 Å². The van der Waals surface area contributed by atoms with E-state index in [0.717, 1.165) is 16.9 Å². The molecule has 0 spiro atoms. The molecule has 7 nitrogen and oxygen atoms in total. The zero-order chi connectivity index (χ0) is 19.8. The molecule has 2 aromatic carbocycles. The van der Waals surface area contributed by atoms with E-state index >= 15 is 0 Å². The Kier molecular flexibility index (Phi) is 6.51. The number of hydrogen-bond acceptors (Lipinski definition) is 6. The zero-order valence-electron chi connectivity index (χ0n) is 15.5. The Labute approximate surface area is 162 Å². The second-order valence-corrected chi connectivity index (χ2v) is 5.91. The fraction of sp³-hybridized carbons (Fsp3) is 0.238. The number of rotatable bonds is 8. The van der Waals surface area contributed by atoms with Crippen molar-refractivity contribution in [3.8, 4) is 17.2 Å². The molecule has 28 heavy (non-hydrogen) atoms. The quantitative estimate of drug-likeness (QED) is 0.557. The third kappa shape index (κ3) is 5.51. The van der Waals surface area contributed by atoms with Crippen LogP contribution < -0.4 is 19.5 Å². The lowest BCUT2D eigenvalue weighted by molar-refractivity contribution is -0.143. The van der Waals surface area contributed by atoms with Gasteiger partial charge in [0.25, 0.3) is 5.91 Å². The summed E-state index contributed by atoms with van der Waals surface area (Å²) < 4.78 is 20.8. The lowest BCUT2D eigenvalue weighted by Crippen LogP contribution is -2.28. The topological polar surface area (TPSA) is 83.1 Å². The molecule has 1 aliphatic heterocycles. The summed E-state index contributed by atoms with van der Waals surface area (Å²) in [6.45, 7) is 2.66. The zero-order valence-corrected chi connectivity index (χ0v) is 15.5. The second-order valence-electron chi connectivity index (χ2n) is 5.91. The highest BCUT2D eigenvalue weighted by molar-refractivity contribution is 5.89. The van der Waals surface area contributed by atoms with Crippen LogP contribution in [0.15, 0.2) is 48.5 Å². The maximum Gasteiger partial charge on any atom is 0.331 e. The highest BCUT2D eigenvalue weighted by Gasteiger charge is 2.13. The van der Waals surface area contributed by atoms with E-state index in [1.54, 1.807) is 18.2 Å². The van der Waals surface area contributed by atoms with E-state index in [1.807, 2.05) is 37.3 Å². The molecule has 1 aliphatic rings. The van der Waals surface area contributed by atoms with E-state index in [2.05, 4.69) is 5.32 Å². The van der Waals surface area contributed by atoms with Crippen molar-refractivity contribution in [3.05, 3.63) is 59.7 Å². The van der Waals surface area contributed by atoms with Crippen molar-refractivity contribution in [2.45, 2.75) is 13.5 Å². The van der Waals surface area contributed by atoms with E-state index in [9.17, 15) is 9.59 Å². The third-order valence-electron chi connectivity index (χ3n) is 3.88. The molecule has 0 bridgehead atoms. The van der Waals surface area contributed by atoms with E-state index in [4.69, 9.17) is 18.9 Å². The number of benzene rings is 2. The minimum atomic E-state index is -0.591. The molecule has 0 unspecified atom stereocenters. The summed E-state index contributed by atoms with van der Waals surface area (Å²) in [5.74, 6) is 1.12. The van der Waals surface area contributed by atoms with Gasteiger partial charge >= 0.3 is 5.97 Å². The van der Waals surface area contributed by atoms with Gasteiger partial charge in [-0.3, -0.25) is 4.79 Å². The number of amides is 1. The van der Waals surface area contributed by atoms with E-state index in [1.165, 1.54) is 6.08 Å². The van der Waals surface area contributed by atoms with Crippen LogP contribution in [0.2, 0.25) is 0 Å². The van der Waals surface area contributed by atoms with Crippen molar-refractivity contribution in [3.63, 3.8) is 0 Å². The standard InChI is InChI=1S/C21H21NO6/c1-2-25-17-7-3-15(4-8-17)6-10-21(24)26-13-20(23)22-12-16-5-9-18-19(11-16)28-14-27-18/h3-11H,2,12-14H2,1H3,(H,22,23). The van der Waals surface area contributed by atoms with Gasteiger partial charge in [-0.25, -0.2) is 4.79 Å². The number of fused-ring (bicyclic) bond motifs is 1. The SMILES string of the molecule is CCOc1ccc(C=CC(=O)OCC(=O)NCc2ccc3c(c2)OCO3)cc1. The van der Waals surface area contributed by atoms with E-state index in [-0.39, 0.29) is 19.3 Å². The highest BCUT2D eigenvalue weighted by Crippen LogP contribution is 2.32. The van der Waals surface area contributed by atoms with Crippen molar-refractivity contribution in [2.75, 3.05) is 20.0 Å². The first-order valence-corrected chi connectivity index (χ1v) is 8.87. The van der Waals surface area contributed by atoms with Crippen LogP contribution in [0, 0.1) is 0 Å². The number of nitrogens with one attached hydrogen (secondary N) is 1. The predicted molar refractivity (Wildman–Crippen MR) is 102 cm³/mol. The third-order valence-corrected chi connectivity index (χ3v) is 3.88. The second kappa shape index (κ2) is 9.45. The van der Waals surface area contributed by atoms with Gasteiger partial charge in [0.1, 0.15) is 5.75 Å². The number of carbonyl (C=O) groups excluding carboxylic acids is 2. The smallest absolute Gasteiger partial charge is 0.331 e. The largest absolute Gasteiger partial charge is 0.494 e. The molecule has 0 fully saturated rings. The molecule has 1 amide bonds. The summed E-state index contributed by atoms with van der Waals surface area (Å²) in [6.07, 6.45) is 2.89. The summed E-state index contributed by atoms with van der Waals surface area (Å²) in [5.41, 5.74) is 1.69. The van der Waals surface area contributed by atoms with Gasteiger partial charge in [-0.15, -0.1) is 0 Å². The normalized spacial score (nSPS) is 12.0. The Bertz CT molecular complexity index is 860. The van der Waals surface area contributed by atoms with Gasteiger partial charge in [0.15, 0.2) is 18.1 Å². The molecule has 7 heteroatoms. The van der Waals surface area contributed by atoms with Crippen LogP contribution in [-0.4, -0.2) is 31.9 Å². The lowest BCUT2D eigenvalue weighted by atomic mass is 10.2. The average molecular weight is 383 g/mol. The molecule has 1 heterocycles. The Morgan fingerprint density at radius 2 is 1.89 bits per heavy atom. The number of hydrogen-bond donors (Lipinski definition) is 1. The van der Waals surface area contributed by atoms with Gasteiger partial charge in [0, 0.05) is 12.6 Å². The molecule has 3 rings (SSSR count). The van der Waals surface area contributed by atoms with Gasteiger partial charge in [-0.1, -0.05) is 18.2 Å². The molecule has 1 N–H and O–H groups in total. The molecule has 0 aliphatic carbocycles. The monoisotopic (exact) mass is 383 g/mol. The summed E-state index contributed by atoms with van der Waals surface area (Å²) in [6, 6.07) is 12.7. The van der Waals surface area contributed by atoms with Crippen LogP contribution in [0.1, 0.15) is 18.1 Å². The van der Waals surface area contributed by atoms with Crippen molar-refractivity contribution < 1.29 is 28.5 Å².